The molecule has 4 bridgehead atoms. The van der Waals surface area contributed by atoms with Crippen LogP contribution in [0.2, 0.25) is 0 Å². The standard InChI is InChI=1S/C27H37NO4/c1-3-24-13-19-14-25(16-24,18-26(30,15-19)17-24)23(29)28-9-7-27(8-10-28)22-5-4-21(31-2)12-20(22)6-11-32-27/h4-5,12,19,30H,3,6-11,13-18H2,1-2H3. The van der Waals surface area contributed by atoms with Crippen LogP contribution in [0.4, 0.5) is 0 Å². The van der Waals surface area contributed by atoms with Crippen LogP contribution < -0.4 is 4.74 Å². The summed E-state index contributed by atoms with van der Waals surface area (Å²) in [6, 6.07) is 6.36. The van der Waals surface area contributed by atoms with Crippen molar-refractivity contribution >= 4 is 5.91 Å². The fraction of sp³-hybridized carbons (Fsp3) is 0.741. The van der Waals surface area contributed by atoms with Gasteiger partial charge in [-0.1, -0.05) is 19.4 Å². The maximum Gasteiger partial charge on any atom is 0.228 e. The van der Waals surface area contributed by atoms with Gasteiger partial charge in [0.1, 0.15) is 5.75 Å². The maximum absolute atomic E-state index is 14.0. The van der Waals surface area contributed by atoms with Gasteiger partial charge in [0.05, 0.1) is 30.3 Å². The van der Waals surface area contributed by atoms with Gasteiger partial charge < -0.3 is 19.5 Å². The number of likely N-dealkylation sites (tertiary alicyclic amines) is 1. The van der Waals surface area contributed by atoms with Gasteiger partial charge in [0.25, 0.3) is 0 Å². The van der Waals surface area contributed by atoms with Crippen molar-refractivity contribution in [1.29, 1.82) is 0 Å². The average Bonchev–Trinajstić information content (AvgIpc) is 2.77. The molecule has 4 atom stereocenters. The molecule has 6 aliphatic rings. The van der Waals surface area contributed by atoms with Crippen molar-refractivity contribution < 1.29 is 19.4 Å². The summed E-state index contributed by atoms with van der Waals surface area (Å²) >= 11 is 0. The van der Waals surface area contributed by atoms with Crippen molar-refractivity contribution in [3.63, 3.8) is 0 Å². The van der Waals surface area contributed by atoms with Crippen molar-refractivity contribution in [2.45, 2.75) is 82.3 Å². The van der Waals surface area contributed by atoms with Crippen LogP contribution in [-0.2, 0) is 21.6 Å². The Morgan fingerprint density at radius 2 is 2.00 bits per heavy atom. The number of ether oxygens (including phenoxy) is 2. The van der Waals surface area contributed by atoms with E-state index >= 15 is 0 Å². The van der Waals surface area contributed by atoms with E-state index in [1.54, 1.807) is 7.11 Å². The summed E-state index contributed by atoms with van der Waals surface area (Å²) in [6.45, 7) is 4.47. The molecule has 4 aliphatic carbocycles. The third kappa shape index (κ3) is 3.00. The van der Waals surface area contributed by atoms with Gasteiger partial charge in [0, 0.05) is 13.1 Å². The Kier molecular flexibility index (Phi) is 4.56. The minimum Gasteiger partial charge on any atom is -0.497 e. The zero-order valence-corrected chi connectivity index (χ0v) is 19.6. The summed E-state index contributed by atoms with van der Waals surface area (Å²) in [6.07, 6.45) is 9.35. The quantitative estimate of drug-likeness (QED) is 0.767. The molecule has 1 saturated heterocycles. The Balaban J connectivity index is 1.23. The average molecular weight is 440 g/mol. The zero-order valence-electron chi connectivity index (χ0n) is 19.6. The molecule has 5 fully saturated rings. The molecule has 2 heterocycles. The third-order valence-electron chi connectivity index (χ3n) is 9.77. The van der Waals surface area contributed by atoms with E-state index in [4.69, 9.17) is 9.47 Å². The van der Waals surface area contributed by atoms with Crippen LogP contribution in [0, 0.1) is 16.7 Å². The predicted molar refractivity (Wildman–Crippen MR) is 121 cm³/mol. The lowest BCUT2D eigenvalue weighted by Gasteiger charge is -2.65. The first-order valence-corrected chi connectivity index (χ1v) is 12.7. The summed E-state index contributed by atoms with van der Waals surface area (Å²) in [5, 5.41) is 11.4. The minimum atomic E-state index is -0.618. The third-order valence-corrected chi connectivity index (χ3v) is 9.77. The topological polar surface area (TPSA) is 59.0 Å². The van der Waals surface area contributed by atoms with E-state index in [0.717, 1.165) is 76.8 Å². The Bertz CT molecular complexity index is 938. The van der Waals surface area contributed by atoms with Crippen LogP contribution in [-0.4, -0.2) is 48.3 Å². The van der Waals surface area contributed by atoms with Gasteiger partial charge in [-0.3, -0.25) is 4.79 Å². The number of hydrogen-bond acceptors (Lipinski definition) is 4. The Morgan fingerprint density at radius 3 is 2.72 bits per heavy atom. The Labute approximate surface area is 191 Å². The molecule has 5 heteroatoms. The lowest BCUT2D eigenvalue weighted by molar-refractivity contribution is -0.212. The van der Waals surface area contributed by atoms with Gasteiger partial charge in [0.2, 0.25) is 5.91 Å². The first-order valence-electron chi connectivity index (χ1n) is 12.7. The highest BCUT2D eigenvalue weighted by molar-refractivity contribution is 5.84. The number of rotatable bonds is 3. The van der Waals surface area contributed by atoms with Gasteiger partial charge in [-0.2, -0.15) is 0 Å². The van der Waals surface area contributed by atoms with Gasteiger partial charge in [-0.25, -0.2) is 0 Å². The lowest BCUT2D eigenvalue weighted by atomic mass is 9.42. The predicted octanol–water partition coefficient (Wildman–Crippen LogP) is 4.20. The fourth-order valence-electron chi connectivity index (χ4n) is 8.82. The van der Waals surface area contributed by atoms with E-state index in [0.29, 0.717) is 18.2 Å². The van der Waals surface area contributed by atoms with E-state index in [1.807, 2.05) is 6.07 Å². The van der Waals surface area contributed by atoms with Gasteiger partial charge in [-0.05, 0) is 92.4 Å². The molecule has 1 amide bonds. The van der Waals surface area contributed by atoms with Crippen LogP contribution in [0.3, 0.4) is 0 Å². The number of nitrogens with zero attached hydrogens (tertiary/aromatic N) is 1. The van der Waals surface area contributed by atoms with Crippen LogP contribution >= 0.6 is 0 Å². The van der Waals surface area contributed by atoms with Crippen molar-refractivity contribution in [1.82, 2.24) is 4.90 Å². The lowest BCUT2D eigenvalue weighted by Crippen LogP contribution is -2.64. The van der Waals surface area contributed by atoms with E-state index in [-0.39, 0.29) is 16.4 Å². The molecule has 7 rings (SSSR count). The number of aliphatic hydroxyl groups is 1. The molecule has 174 valence electrons. The summed E-state index contributed by atoms with van der Waals surface area (Å²) in [7, 11) is 1.71. The van der Waals surface area contributed by atoms with Crippen LogP contribution in [0.25, 0.3) is 0 Å². The van der Waals surface area contributed by atoms with E-state index in [9.17, 15) is 9.90 Å². The highest BCUT2D eigenvalue weighted by Gasteiger charge is 2.65. The monoisotopic (exact) mass is 439 g/mol. The molecule has 1 aromatic rings. The van der Waals surface area contributed by atoms with Crippen molar-refractivity contribution in [2.75, 3.05) is 26.8 Å². The largest absolute Gasteiger partial charge is 0.497 e. The number of fused-ring (bicyclic) bond motifs is 2. The molecule has 4 saturated carbocycles. The molecule has 2 aliphatic heterocycles. The van der Waals surface area contributed by atoms with Crippen molar-refractivity contribution in [3.8, 4) is 5.75 Å². The second kappa shape index (κ2) is 6.96. The number of methoxy groups -OCH3 is 1. The minimum absolute atomic E-state index is 0.172. The molecular weight excluding hydrogens is 402 g/mol. The smallest absolute Gasteiger partial charge is 0.228 e. The number of benzene rings is 1. The molecule has 1 aromatic carbocycles. The SMILES string of the molecule is CCC12CC3CC(O)(C1)CC(C(=O)N1CCC4(CC1)OCCc1cc(OC)ccc14)(C3)C2. The zero-order chi connectivity index (χ0) is 22.2. The van der Waals surface area contributed by atoms with Crippen molar-refractivity contribution in [3.05, 3.63) is 29.3 Å². The number of piperidine rings is 1. The van der Waals surface area contributed by atoms with Gasteiger partial charge >= 0.3 is 0 Å². The highest BCUT2D eigenvalue weighted by atomic mass is 16.5. The molecule has 4 unspecified atom stereocenters. The van der Waals surface area contributed by atoms with E-state index in [2.05, 4.69) is 24.0 Å². The number of carbonyl (C=O) groups excluding carboxylic acids is 1. The molecular formula is C27H37NO4. The summed E-state index contributed by atoms with van der Waals surface area (Å²) in [5.74, 6) is 1.73. The first-order chi connectivity index (χ1) is 15.3. The maximum atomic E-state index is 14.0. The molecule has 5 nitrogen and oxygen atoms in total. The molecule has 0 radical (unpaired) electrons. The number of hydrogen-bond donors (Lipinski definition) is 1. The summed E-state index contributed by atoms with van der Waals surface area (Å²) < 4.78 is 11.8. The van der Waals surface area contributed by atoms with Gasteiger partial charge in [0.15, 0.2) is 0 Å². The number of amides is 1. The Morgan fingerprint density at radius 1 is 1.19 bits per heavy atom. The Hall–Kier alpha value is -1.59. The fourth-order valence-corrected chi connectivity index (χ4v) is 8.82. The summed E-state index contributed by atoms with van der Waals surface area (Å²) in [5.41, 5.74) is 1.54. The highest BCUT2D eigenvalue weighted by Crippen LogP contribution is 2.68. The second-order valence-corrected chi connectivity index (χ2v) is 11.8. The normalized spacial score (nSPS) is 39.2. The van der Waals surface area contributed by atoms with E-state index in [1.165, 1.54) is 17.5 Å². The molecule has 0 aromatic heterocycles. The van der Waals surface area contributed by atoms with Crippen LogP contribution in [0.1, 0.15) is 75.8 Å². The van der Waals surface area contributed by atoms with Crippen LogP contribution in [0.5, 0.6) is 5.75 Å². The van der Waals surface area contributed by atoms with E-state index < -0.39 is 5.60 Å². The first kappa shape index (κ1) is 21.0. The molecule has 32 heavy (non-hydrogen) atoms. The molecule has 1 spiro atoms. The van der Waals surface area contributed by atoms with Crippen LogP contribution in [0.15, 0.2) is 18.2 Å². The number of carbonyl (C=O) groups is 1. The summed E-state index contributed by atoms with van der Waals surface area (Å²) in [4.78, 5) is 16.1. The van der Waals surface area contributed by atoms with Gasteiger partial charge in [-0.15, -0.1) is 0 Å². The second-order valence-electron chi connectivity index (χ2n) is 11.8. The van der Waals surface area contributed by atoms with Crippen molar-refractivity contribution in [2.24, 2.45) is 16.7 Å². The molecule has 1 N–H and O–H groups in total.